The number of ether oxygens (including phenoxy) is 2. The number of aryl methyl sites for hydroxylation is 1. The Kier molecular flexibility index (Phi) is 5.20. The minimum Gasteiger partial charge on any atom is -0.493 e. The quantitative estimate of drug-likeness (QED) is 0.806. The van der Waals surface area contributed by atoms with Crippen molar-refractivity contribution in [2.24, 2.45) is 0 Å². The number of rotatable bonds is 7. The van der Waals surface area contributed by atoms with Gasteiger partial charge in [0.1, 0.15) is 0 Å². The van der Waals surface area contributed by atoms with Gasteiger partial charge in [-0.25, -0.2) is 0 Å². The lowest BCUT2D eigenvalue weighted by Gasteiger charge is -2.30. The van der Waals surface area contributed by atoms with Crippen LogP contribution in [0.2, 0.25) is 0 Å². The van der Waals surface area contributed by atoms with E-state index in [1.54, 1.807) is 12.1 Å². The van der Waals surface area contributed by atoms with Crippen LogP contribution in [-0.2, 0) is 18.5 Å². The fourth-order valence-electron chi connectivity index (χ4n) is 3.38. The summed E-state index contributed by atoms with van der Waals surface area (Å²) in [4.78, 5) is 0. The van der Waals surface area contributed by atoms with E-state index in [-0.39, 0.29) is 18.1 Å². The molecule has 3 rings (SSSR count). The largest absolute Gasteiger partial charge is 0.493 e. The Bertz CT molecular complexity index is 738. The molecular formula is C19H21F2NO3. The first-order chi connectivity index (χ1) is 12.1. The summed E-state index contributed by atoms with van der Waals surface area (Å²) < 4.78 is 34.4. The van der Waals surface area contributed by atoms with Crippen molar-refractivity contribution in [1.82, 2.24) is 5.32 Å². The third-order valence-electron chi connectivity index (χ3n) is 4.70. The molecule has 2 N–H and O–H groups in total. The van der Waals surface area contributed by atoms with E-state index in [4.69, 9.17) is 4.74 Å². The Morgan fingerprint density at radius 3 is 2.72 bits per heavy atom. The molecule has 0 radical (unpaired) electrons. The van der Waals surface area contributed by atoms with Crippen molar-refractivity contribution in [1.29, 1.82) is 0 Å². The summed E-state index contributed by atoms with van der Waals surface area (Å²) in [5.41, 5.74) is 2.72. The molecule has 0 aliphatic heterocycles. The molecule has 0 saturated heterocycles. The van der Waals surface area contributed by atoms with Crippen LogP contribution in [-0.4, -0.2) is 25.4 Å². The van der Waals surface area contributed by atoms with Crippen LogP contribution < -0.4 is 14.8 Å². The summed E-state index contributed by atoms with van der Waals surface area (Å²) in [6.07, 6.45) is 1.72. The maximum Gasteiger partial charge on any atom is 0.387 e. The molecule has 0 spiro atoms. The van der Waals surface area contributed by atoms with Gasteiger partial charge >= 0.3 is 6.61 Å². The molecule has 1 aliphatic carbocycles. The van der Waals surface area contributed by atoms with Crippen LogP contribution in [0, 0.1) is 0 Å². The van der Waals surface area contributed by atoms with E-state index < -0.39 is 12.2 Å². The first-order valence-corrected chi connectivity index (χ1v) is 8.14. The molecule has 0 bridgehead atoms. The van der Waals surface area contributed by atoms with Gasteiger partial charge in [0.25, 0.3) is 0 Å². The molecule has 134 valence electrons. The lowest BCUT2D eigenvalue weighted by Crippen LogP contribution is -2.43. The van der Waals surface area contributed by atoms with E-state index in [1.807, 2.05) is 18.2 Å². The number of aliphatic hydroxyl groups excluding tert-OH is 1. The van der Waals surface area contributed by atoms with Crippen molar-refractivity contribution in [3.05, 3.63) is 59.2 Å². The van der Waals surface area contributed by atoms with Crippen LogP contribution in [0.25, 0.3) is 0 Å². The molecule has 6 heteroatoms. The van der Waals surface area contributed by atoms with Crippen molar-refractivity contribution in [3.63, 3.8) is 0 Å². The molecule has 0 fully saturated rings. The second kappa shape index (κ2) is 7.37. The molecule has 1 aliphatic rings. The van der Waals surface area contributed by atoms with Gasteiger partial charge in [-0.1, -0.05) is 30.3 Å². The lowest BCUT2D eigenvalue weighted by atomic mass is 9.92. The molecule has 2 aromatic carbocycles. The van der Waals surface area contributed by atoms with Gasteiger partial charge in [-0.05, 0) is 41.7 Å². The fourth-order valence-corrected chi connectivity index (χ4v) is 3.38. The van der Waals surface area contributed by atoms with E-state index in [0.717, 1.165) is 24.0 Å². The Morgan fingerprint density at radius 2 is 2.00 bits per heavy atom. The third kappa shape index (κ3) is 3.60. The monoisotopic (exact) mass is 349 g/mol. The number of benzene rings is 2. The maximum atomic E-state index is 12.4. The van der Waals surface area contributed by atoms with Crippen LogP contribution in [0.1, 0.15) is 23.1 Å². The second-order valence-electron chi connectivity index (χ2n) is 6.11. The molecule has 0 heterocycles. The summed E-state index contributed by atoms with van der Waals surface area (Å²) in [5, 5.41) is 13.4. The molecule has 0 saturated carbocycles. The summed E-state index contributed by atoms with van der Waals surface area (Å²) >= 11 is 0. The Hall–Kier alpha value is -2.18. The predicted octanol–water partition coefficient (Wildman–Crippen LogP) is 3.22. The van der Waals surface area contributed by atoms with Gasteiger partial charge in [-0.3, -0.25) is 0 Å². The van der Waals surface area contributed by atoms with Gasteiger partial charge < -0.3 is 19.9 Å². The van der Waals surface area contributed by atoms with Crippen molar-refractivity contribution < 1.29 is 23.4 Å². The van der Waals surface area contributed by atoms with E-state index in [0.29, 0.717) is 6.54 Å². The van der Waals surface area contributed by atoms with Gasteiger partial charge in [-0.2, -0.15) is 8.78 Å². The Labute approximate surface area is 145 Å². The number of aliphatic hydroxyl groups is 1. The lowest BCUT2D eigenvalue weighted by molar-refractivity contribution is -0.0512. The standard InChI is InChI=1S/C19H21F2NO3/c1-24-17-10-13(6-7-16(17)25-18(20)21)11-22-19(12-23)9-8-14-4-2-3-5-15(14)19/h2-7,10,18,22-23H,8-9,11-12H2,1H3. The van der Waals surface area contributed by atoms with Gasteiger partial charge in [-0.15, -0.1) is 0 Å². The Balaban J connectivity index is 1.77. The first kappa shape index (κ1) is 17.6. The topological polar surface area (TPSA) is 50.7 Å². The number of methoxy groups -OCH3 is 1. The SMILES string of the molecule is COc1cc(CNC2(CO)CCc3ccccc32)ccc1OC(F)F. The number of alkyl halides is 2. The Morgan fingerprint density at radius 1 is 1.20 bits per heavy atom. The number of hydrogen-bond donors (Lipinski definition) is 2. The van der Waals surface area contributed by atoms with Crippen LogP contribution >= 0.6 is 0 Å². The number of nitrogens with one attached hydrogen (secondary N) is 1. The highest BCUT2D eigenvalue weighted by molar-refractivity contribution is 5.43. The average Bonchev–Trinajstić information content (AvgIpc) is 3.00. The van der Waals surface area contributed by atoms with Crippen LogP contribution in [0.4, 0.5) is 8.78 Å². The second-order valence-corrected chi connectivity index (χ2v) is 6.11. The normalized spacial score (nSPS) is 19.1. The molecule has 1 unspecified atom stereocenters. The third-order valence-corrected chi connectivity index (χ3v) is 4.70. The van der Waals surface area contributed by atoms with E-state index in [1.165, 1.54) is 18.7 Å². The van der Waals surface area contributed by atoms with Gasteiger partial charge in [0.05, 0.1) is 19.3 Å². The minimum atomic E-state index is -2.90. The predicted molar refractivity (Wildman–Crippen MR) is 90.0 cm³/mol. The number of fused-ring (bicyclic) bond motifs is 1. The summed E-state index contributed by atoms with van der Waals surface area (Å²) in [6, 6.07) is 12.9. The zero-order chi connectivity index (χ0) is 17.9. The molecular weight excluding hydrogens is 328 g/mol. The molecule has 0 amide bonds. The van der Waals surface area contributed by atoms with Crippen LogP contribution in [0.15, 0.2) is 42.5 Å². The smallest absolute Gasteiger partial charge is 0.387 e. The van der Waals surface area contributed by atoms with E-state index in [2.05, 4.69) is 16.1 Å². The van der Waals surface area contributed by atoms with Crippen molar-refractivity contribution in [2.75, 3.05) is 13.7 Å². The highest BCUT2D eigenvalue weighted by atomic mass is 19.3. The van der Waals surface area contributed by atoms with Crippen molar-refractivity contribution >= 4 is 0 Å². The highest BCUT2D eigenvalue weighted by Crippen LogP contribution is 2.37. The van der Waals surface area contributed by atoms with Crippen LogP contribution in [0.5, 0.6) is 11.5 Å². The summed E-state index contributed by atoms with van der Waals surface area (Å²) in [5.74, 6) is 0.258. The number of halogens is 2. The zero-order valence-corrected chi connectivity index (χ0v) is 14.0. The summed E-state index contributed by atoms with van der Waals surface area (Å²) in [7, 11) is 1.41. The number of hydrogen-bond acceptors (Lipinski definition) is 4. The molecule has 2 aromatic rings. The fraction of sp³-hybridized carbons (Fsp3) is 0.368. The van der Waals surface area contributed by atoms with Gasteiger partial charge in [0.2, 0.25) is 0 Å². The molecule has 25 heavy (non-hydrogen) atoms. The first-order valence-electron chi connectivity index (χ1n) is 8.14. The molecule has 1 atom stereocenters. The van der Waals surface area contributed by atoms with Gasteiger partial charge in [0, 0.05) is 6.54 Å². The molecule has 4 nitrogen and oxygen atoms in total. The van der Waals surface area contributed by atoms with Gasteiger partial charge in [0.15, 0.2) is 11.5 Å². The average molecular weight is 349 g/mol. The highest BCUT2D eigenvalue weighted by Gasteiger charge is 2.37. The summed E-state index contributed by atoms with van der Waals surface area (Å²) in [6.45, 7) is -2.43. The maximum absolute atomic E-state index is 12.4. The minimum absolute atomic E-state index is 0.00401. The van der Waals surface area contributed by atoms with Crippen molar-refractivity contribution in [2.45, 2.75) is 31.5 Å². The van der Waals surface area contributed by atoms with E-state index in [9.17, 15) is 13.9 Å². The van der Waals surface area contributed by atoms with Crippen LogP contribution in [0.3, 0.4) is 0 Å². The zero-order valence-electron chi connectivity index (χ0n) is 14.0. The molecule has 0 aromatic heterocycles. The van der Waals surface area contributed by atoms with Crippen molar-refractivity contribution in [3.8, 4) is 11.5 Å². The van der Waals surface area contributed by atoms with E-state index >= 15 is 0 Å².